The van der Waals surface area contributed by atoms with Gasteiger partial charge < -0.3 is 24.3 Å². The highest BCUT2D eigenvalue weighted by atomic mass is 19.1. The van der Waals surface area contributed by atoms with Crippen LogP contribution in [-0.4, -0.2) is 57.6 Å². The van der Waals surface area contributed by atoms with E-state index in [0.29, 0.717) is 16.7 Å². The molecule has 1 saturated heterocycles. The molecule has 7 nitrogen and oxygen atoms in total. The maximum atomic E-state index is 14.6. The molecule has 4 rings (SSSR count). The number of imidazole rings is 1. The first kappa shape index (κ1) is 23.6. The van der Waals surface area contributed by atoms with Gasteiger partial charge in [0.2, 0.25) is 0 Å². The van der Waals surface area contributed by atoms with E-state index in [2.05, 4.69) is 16.8 Å². The molecule has 0 radical (unpaired) electrons. The number of hydrogen-bond acceptors (Lipinski definition) is 6. The molecule has 9 heteroatoms. The van der Waals surface area contributed by atoms with Crippen molar-refractivity contribution in [3.63, 3.8) is 0 Å². The van der Waals surface area contributed by atoms with E-state index in [-0.39, 0.29) is 31.4 Å². The van der Waals surface area contributed by atoms with Crippen molar-refractivity contribution >= 4 is 5.78 Å². The monoisotopic (exact) mass is 468 g/mol. The Morgan fingerprint density at radius 3 is 2.53 bits per heavy atom. The van der Waals surface area contributed by atoms with Crippen molar-refractivity contribution in [3.8, 4) is 28.7 Å². The SMILES string of the molecule is CC(=O)c1nccn1[C@@H](C#Cc1ccc(-c2cc(F)c(O[C@@H]3COC[C@H]3O)c(F)c2)cc1)CO. The van der Waals surface area contributed by atoms with Gasteiger partial charge in [0.05, 0.1) is 19.8 Å². The predicted octanol–water partition coefficient (Wildman–Crippen LogP) is 2.75. The largest absolute Gasteiger partial charge is 0.479 e. The van der Waals surface area contributed by atoms with Crippen LogP contribution in [0.25, 0.3) is 11.1 Å². The molecule has 0 aliphatic carbocycles. The lowest BCUT2D eigenvalue weighted by Gasteiger charge is -2.17. The summed E-state index contributed by atoms with van der Waals surface area (Å²) in [4.78, 5) is 15.7. The number of aliphatic hydroxyl groups excluding tert-OH is 2. The number of hydrogen-bond donors (Lipinski definition) is 2. The second kappa shape index (κ2) is 10.1. The Hall–Kier alpha value is -3.58. The van der Waals surface area contributed by atoms with Crippen LogP contribution in [0.2, 0.25) is 0 Å². The highest BCUT2D eigenvalue weighted by Gasteiger charge is 2.30. The number of aliphatic hydroxyl groups is 2. The van der Waals surface area contributed by atoms with Crippen molar-refractivity contribution < 1.29 is 33.3 Å². The molecule has 0 amide bonds. The molecule has 1 aliphatic rings. The Balaban J connectivity index is 1.52. The molecule has 0 bridgehead atoms. The van der Waals surface area contributed by atoms with Crippen LogP contribution in [0.15, 0.2) is 48.8 Å². The first-order valence-corrected chi connectivity index (χ1v) is 10.6. The van der Waals surface area contributed by atoms with E-state index in [1.807, 2.05) is 0 Å². The molecule has 176 valence electrons. The summed E-state index contributed by atoms with van der Waals surface area (Å²) in [6, 6.07) is 8.36. The molecular formula is C25H22F2N2O5. The maximum Gasteiger partial charge on any atom is 0.195 e. The minimum absolute atomic E-state index is 0.0539. The number of rotatable bonds is 6. The van der Waals surface area contributed by atoms with Gasteiger partial charge in [-0.3, -0.25) is 4.79 Å². The minimum Gasteiger partial charge on any atom is -0.479 e. The predicted molar refractivity (Wildman–Crippen MR) is 118 cm³/mol. The standard InChI is InChI=1S/C25H22F2N2O5/c1-15(31)25-28-8-9-29(25)19(12-30)7-4-16-2-5-17(6-3-16)18-10-20(26)24(21(27)11-18)34-23-14-33-13-22(23)32/h2-3,5-6,8-11,19,22-23,30,32H,12-14H2,1H3/t19-,22+,23+/m0/s1. The van der Waals surface area contributed by atoms with E-state index in [9.17, 15) is 23.8 Å². The average Bonchev–Trinajstić information content (AvgIpc) is 3.46. The Bertz CT molecular complexity index is 1220. The summed E-state index contributed by atoms with van der Waals surface area (Å²) in [6.07, 6.45) is 1.27. The molecule has 2 aromatic carbocycles. The molecule has 34 heavy (non-hydrogen) atoms. The Morgan fingerprint density at radius 1 is 1.24 bits per heavy atom. The second-order valence-corrected chi connectivity index (χ2v) is 7.79. The molecule has 0 saturated carbocycles. The van der Waals surface area contributed by atoms with Gasteiger partial charge in [0.1, 0.15) is 12.1 Å². The number of carbonyl (C=O) groups is 1. The minimum atomic E-state index is -0.944. The summed E-state index contributed by atoms with van der Waals surface area (Å²) in [6.45, 7) is 1.19. The van der Waals surface area contributed by atoms with E-state index < -0.39 is 35.6 Å². The van der Waals surface area contributed by atoms with Gasteiger partial charge in [0.15, 0.2) is 35.1 Å². The number of aromatic nitrogens is 2. The van der Waals surface area contributed by atoms with Gasteiger partial charge in [-0.15, -0.1) is 0 Å². The number of carbonyl (C=O) groups excluding carboxylic acids is 1. The Morgan fingerprint density at radius 2 is 1.94 bits per heavy atom. The number of ketones is 1. The van der Waals surface area contributed by atoms with E-state index in [1.54, 1.807) is 30.5 Å². The van der Waals surface area contributed by atoms with Gasteiger partial charge in [-0.1, -0.05) is 24.0 Å². The fraction of sp³-hybridized carbons (Fsp3) is 0.280. The smallest absolute Gasteiger partial charge is 0.195 e. The second-order valence-electron chi connectivity index (χ2n) is 7.79. The third-order valence-corrected chi connectivity index (χ3v) is 5.36. The molecule has 0 unspecified atom stereocenters. The highest BCUT2D eigenvalue weighted by Crippen LogP contribution is 2.30. The normalized spacial score (nSPS) is 18.3. The molecule has 2 N–H and O–H groups in total. The highest BCUT2D eigenvalue weighted by molar-refractivity contribution is 5.90. The lowest BCUT2D eigenvalue weighted by molar-refractivity contribution is 0.0680. The molecule has 1 fully saturated rings. The van der Waals surface area contributed by atoms with Crippen LogP contribution in [0.1, 0.15) is 29.1 Å². The molecule has 1 aromatic heterocycles. The van der Waals surface area contributed by atoms with Crippen molar-refractivity contribution in [1.29, 1.82) is 0 Å². The fourth-order valence-corrected chi connectivity index (χ4v) is 3.58. The van der Waals surface area contributed by atoms with Crippen LogP contribution in [0.4, 0.5) is 8.78 Å². The first-order valence-electron chi connectivity index (χ1n) is 10.6. The van der Waals surface area contributed by atoms with Gasteiger partial charge in [0, 0.05) is 24.9 Å². The van der Waals surface area contributed by atoms with Crippen molar-refractivity contribution in [2.24, 2.45) is 0 Å². The van der Waals surface area contributed by atoms with E-state index in [4.69, 9.17) is 9.47 Å². The quantitative estimate of drug-likeness (QED) is 0.427. The van der Waals surface area contributed by atoms with Crippen molar-refractivity contribution in [3.05, 3.63) is 71.8 Å². The molecule has 0 spiro atoms. The van der Waals surface area contributed by atoms with Crippen LogP contribution in [-0.2, 0) is 4.74 Å². The van der Waals surface area contributed by atoms with Crippen LogP contribution < -0.4 is 4.74 Å². The Kier molecular flexibility index (Phi) is 7.03. The molecule has 1 aliphatic heterocycles. The maximum absolute atomic E-state index is 14.6. The number of halogens is 2. The zero-order valence-electron chi connectivity index (χ0n) is 18.2. The first-order chi connectivity index (χ1) is 16.4. The lowest BCUT2D eigenvalue weighted by Crippen LogP contribution is -2.30. The van der Waals surface area contributed by atoms with Gasteiger partial charge >= 0.3 is 0 Å². The Labute approximate surface area is 194 Å². The summed E-state index contributed by atoms with van der Waals surface area (Å²) < 4.78 is 41.0. The van der Waals surface area contributed by atoms with Crippen molar-refractivity contribution in [2.45, 2.75) is 25.2 Å². The number of ether oxygens (including phenoxy) is 2. The van der Waals surface area contributed by atoms with Gasteiger partial charge in [0.25, 0.3) is 0 Å². The van der Waals surface area contributed by atoms with Crippen LogP contribution in [0, 0.1) is 23.5 Å². The molecule has 3 atom stereocenters. The lowest BCUT2D eigenvalue weighted by atomic mass is 10.0. The molecule has 3 aromatic rings. The summed E-state index contributed by atoms with van der Waals surface area (Å²) in [5, 5.41) is 19.4. The molecular weight excluding hydrogens is 446 g/mol. The van der Waals surface area contributed by atoms with Gasteiger partial charge in [-0.25, -0.2) is 13.8 Å². The third kappa shape index (κ3) is 4.99. The zero-order chi connectivity index (χ0) is 24.2. The summed E-state index contributed by atoms with van der Waals surface area (Å²) in [5.74, 6) is 3.48. The van der Waals surface area contributed by atoms with Crippen LogP contribution in [0.5, 0.6) is 5.75 Å². The third-order valence-electron chi connectivity index (χ3n) is 5.36. The van der Waals surface area contributed by atoms with Crippen molar-refractivity contribution in [1.82, 2.24) is 9.55 Å². The van der Waals surface area contributed by atoms with E-state index in [1.165, 1.54) is 17.7 Å². The van der Waals surface area contributed by atoms with Crippen LogP contribution >= 0.6 is 0 Å². The number of nitrogens with zero attached hydrogens (tertiary/aromatic N) is 2. The van der Waals surface area contributed by atoms with Crippen molar-refractivity contribution in [2.75, 3.05) is 19.8 Å². The topological polar surface area (TPSA) is 93.8 Å². The van der Waals surface area contributed by atoms with Gasteiger partial charge in [-0.05, 0) is 35.4 Å². The molecule has 2 heterocycles. The van der Waals surface area contributed by atoms with E-state index >= 15 is 0 Å². The number of benzene rings is 2. The summed E-state index contributed by atoms with van der Waals surface area (Å²) in [5.41, 5.74) is 1.48. The summed E-state index contributed by atoms with van der Waals surface area (Å²) >= 11 is 0. The zero-order valence-corrected chi connectivity index (χ0v) is 18.2. The number of Topliss-reactive ketones (excluding diaryl/α,β-unsaturated/α-hetero) is 1. The fourth-order valence-electron chi connectivity index (χ4n) is 3.58. The average molecular weight is 468 g/mol. The van der Waals surface area contributed by atoms with E-state index in [0.717, 1.165) is 12.1 Å². The summed E-state index contributed by atoms with van der Waals surface area (Å²) in [7, 11) is 0. The van der Waals surface area contributed by atoms with Gasteiger partial charge in [-0.2, -0.15) is 0 Å². The van der Waals surface area contributed by atoms with Crippen LogP contribution in [0.3, 0.4) is 0 Å².